The van der Waals surface area contributed by atoms with Gasteiger partial charge in [0.25, 0.3) is 0 Å². The van der Waals surface area contributed by atoms with Gasteiger partial charge in [-0.1, -0.05) is 6.42 Å². The molecule has 22 heavy (non-hydrogen) atoms. The summed E-state index contributed by atoms with van der Waals surface area (Å²) in [7, 11) is 0. The molecule has 0 aromatic carbocycles. The van der Waals surface area contributed by atoms with Crippen molar-refractivity contribution >= 4 is 23.3 Å². The van der Waals surface area contributed by atoms with Gasteiger partial charge in [-0.15, -0.1) is 0 Å². The first-order valence-electron chi connectivity index (χ1n) is 8.01. The maximum atomic E-state index is 12.6. The van der Waals surface area contributed by atoms with Gasteiger partial charge in [0.15, 0.2) is 0 Å². The van der Waals surface area contributed by atoms with Crippen LogP contribution in [0.1, 0.15) is 45.1 Å². The van der Waals surface area contributed by atoms with Crippen molar-refractivity contribution in [2.45, 2.75) is 58.0 Å². The highest BCUT2D eigenvalue weighted by Gasteiger charge is 2.56. The maximum Gasteiger partial charge on any atom is 0.225 e. The molecule has 2 aliphatic rings. The van der Waals surface area contributed by atoms with E-state index in [4.69, 9.17) is 11.6 Å². The van der Waals surface area contributed by atoms with Crippen LogP contribution >= 0.6 is 11.6 Å². The molecule has 1 spiro atoms. The van der Waals surface area contributed by atoms with Crippen LogP contribution in [0.25, 0.3) is 0 Å². The van der Waals surface area contributed by atoms with E-state index in [1.165, 1.54) is 0 Å². The number of carbonyl (C=O) groups is 1. The van der Waals surface area contributed by atoms with Gasteiger partial charge in [0.05, 0.1) is 11.5 Å². The minimum atomic E-state index is -0.0819. The Hall–Kier alpha value is -1.36. The Morgan fingerprint density at radius 3 is 2.91 bits per heavy atom. The molecule has 120 valence electrons. The zero-order valence-corrected chi connectivity index (χ0v) is 14.2. The van der Waals surface area contributed by atoms with Crippen LogP contribution in [-0.2, 0) is 4.79 Å². The van der Waals surface area contributed by atoms with Crippen molar-refractivity contribution in [3.8, 4) is 0 Å². The minimum absolute atomic E-state index is 0.0387. The van der Waals surface area contributed by atoms with Gasteiger partial charge >= 0.3 is 0 Å². The Kier molecular flexibility index (Phi) is 4.02. The van der Waals surface area contributed by atoms with E-state index in [-0.39, 0.29) is 28.7 Å². The normalized spacial score (nSPS) is 27.3. The maximum absolute atomic E-state index is 12.6. The van der Waals surface area contributed by atoms with Crippen LogP contribution in [0.5, 0.6) is 0 Å². The number of hydrogen-bond donors (Lipinski definition) is 1. The van der Waals surface area contributed by atoms with E-state index in [0.29, 0.717) is 0 Å². The quantitative estimate of drug-likeness (QED) is 0.869. The number of amides is 1. The average Bonchev–Trinajstić information content (AvgIpc) is 2.88. The summed E-state index contributed by atoms with van der Waals surface area (Å²) in [6.45, 7) is 6.94. The molecule has 2 heterocycles. The summed E-state index contributed by atoms with van der Waals surface area (Å²) in [5.41, 5.74) is 0.930. The van der Waals surface area contributed by atoms with Crippen molar-refractivity contribution in [1.29, 1.82) is 0 Å². The first-order chi connectivity index (χ1) is 10.4. The van der Waals surface area contributed by atoms with E-state index < -0.39 is 0 Å². The summed E-state index contributed by atoms with van der Waals surface area (Å²) in [6, 6.07) is 0.175. The van der Waals surface area contributed by atoms with Crippen LogP contribution in [0.2, 0.25) is 5.28 Å². The van der Waals surface area contributed by atoms with Crippen molar-refractivity contribution in [3.05, 3.63) is 17.0 Å². The third kappa shape index (κ3) is 2.45. The molecule has 1 aliphatic carbocycles. The topological polar surface area (TPSA) is 58.1 Å². The number of aromatic nitrogens is 2. The fourth-order valence-electron chi connectivity index (χ4n) is 3.95. The average molecular weight is 323 g/mol. The van der Waals surface area contributed by atoms with Crippen molar-refractivity contribution in [2.24, 2.45) is 5.92 Å². The summed E-state index contributed by atoms with van der Waals surface area (Å²) in [5, 5.41) is 3.35. The summed E-state index contributed by atoms with van der Waals surface area (Å²) < 4.78 is 0. The van der Waals surface area contributed by atoms with Gasteiger partial charge in [0.1, 0.15) is 5.82 Å². The second-order valence-corrected chi connectivity index (χ2v) is 7.10. The van der Waals surface area contributed by atoms with E-state index in [2.05, 4.69) is 20.2 Å². The molecule has 2 fully saturated rings. The third-order valence-corrected chi connectivity index (χ3v) is 5.16. The smallest absolute Gasteiger partial charge is 0.225 e. The van der Waals surface area contributed by atoms with Crippen molar-refractivity contribution in [3.63, 3.8) is 0 Å². The van der Waals surface area contributed by atoms with E-state index >= 15 is 0 Å². The summed E-state index contributed by atoms with van der Waals surface area (Å²) >= 11 is 5.98. The van der Waals surface area contributed by atoms with Crippen LogP contribution in [0.3, 0.4) is 0 Å². The van der Waals surface area contributed by atoms with E-state index in [1.807, 2.05) is 20.8 Å². The fraction of sp³-hybridized carbons (Fsp3) is 0.688. The lowest BCUT2D eigenvalue weighted by molar-refractivity contribution is -0.127. The predicted octanol–water partition coefficient (Wildman–Crippen LogP) is 2.71. The van der Waals surface area contributed by atoms with Gasteiger partial charge in [0.2, 0.25) is 11.2 Å². The van der Waals surface area contributed by atoms with Crippen LogP contribution in [0.15, 0.2) is 6.20 Å². The van der Waals surface area contributed by atoms with Gasteiger partial charge in [-0.25, -0.2) is 9.97 Å². The molecule has 1 saturated carbocycles. The second kappa shape index (κ2) is 5.69. The number of nitrogens with one attached hydrogen (secondary N) is 1. The predicted molar refractivity (Wildman–Crippen MR) is 87.1 cm³/mol. The zero-order valence-electron chi connectivity index (χ0n) is 13.4. The lowest BCUT2D eigenvalue weighted by atomic mass is 9.75. The Balaban J connectivity index is 1.89. The number of aryl methyl sites for hydroxylation is 1. The van der Waals surface area contributed by atoms with Crippen LogP contribution < -0.4 is 10.2 Å². The Morgan fingerprint density at radius 2 is 2.27 bits per heavy atom. The molecule has 3 rings (SSSR count). The molecule has 1 N–H and O–H groups in total. The molecule has 1 unspecified atom stereocenters. The Bertz CT molecular complexity index is 592. The number of nitrogens with zero attached hydrogens (tertiary/aromatic N) is 3. The summed E-state index contributed by atoms with van der Waals surface area (Å²) in [6.07, 6.45) is 5.89. The minimum Gasteiger partial charge on any atom is -0.354 e. The molecule has 0 radical (unpaired) electrons. The van der Waals surface area contributed by atoms with Crippen LogP contribution in [0, 0.1) is 12.8 Å². The number of rotatable bonds is 3. The monoisotopic (exact) mass is 322 g/mol. The fourth-order valence-corrected chi connectivity index (χ4v) is 4.08. The molecular formula is C16H23ClN4O. The largest absolute Gasteiger partial charge is 0.354 e. The molecule has 1 aromatic rings. The molecular weight excluding hydrogens is 300 g/mol. The Morgan fingerprint density at radius 1 is 1.50 bits per heavy atom. The zero-order chi connectivity index (χ0) is 15.9. The standard InChI is InChI=1S/C16H23ClN4O/c1-10(2)19-14(22)12-5-4-6-16(12)7-8-21(16)13-11(3)9-18-15(17)20-13/h9-10,12H,4-8H2,1-3H3,(H,19,22)/t12-,16?/m1/s1. The molecule has 5 nitrogen and oxygen atoms in total. The molecule has 1 saturated heterocycles. The van der Waals surface area contributed by atoms with E-state index in [1.54, 1.807) is 6.20 Å². The van der Waals surface area contributed by atoms with E-state index in [9.17, 15) is 4.79 Å². The molecule has 1 amide bonds. The van der Waals surface area contributed by atoms with Gasteiger partial charge < -0.3 is 10.2 Å². The highest BCUT2D eigenvalue weighted by molar-refractivity contribution is 6.28. The van der Waals surface area contributed by atoms with Crippen LogP contribution in [0.4, 0.5) is 5.82 Å². The Labute approximate surface area is 136 Å². The molecule has 0 bridgehead atoms. The second-order valence-electron chi connectivity index (χ2n) is 6.76. The molecule has 2 atom stereocenters. The van der Waals surface area contributed by atoms with Gasteiger partial charge in [-0.3, -0.25) is 4.79 Å². The highest BCUT2D eigenvalue weighted by atomic mass is 35.5. The van der Waals surface area contributed by atoms with Crippen molar-refractivity contribution in [2.75, 3.05) is 11.4 Å². The molecule has 1 aliphatic heterocycles. The number of anilines is 1. The number of carbonyl (C=O) groups excluding carboxylic acids is 1. The van der Waals surface area contributed by atoms with Gasteiger partial charge in [0, 0.05) is 24.3 Å². The first-order valence-corrected chi connectivity index (χ1v) is 8.39. The number of hydrogen-bond acceptors (Lipinski definition) is 4. The van der Waals surface area contributed by atoms with Gasteiger partial charge in [-0.05, 0) is 51.6 Å². The third-order valence-electron chi connectivity index (χ3n) is 4.98. The van der Waals surface area contributed by atoms with Gasteiger partial charge in [-0.2, -0.15) is 0 Å². The highest BCUT2D eigenvalue weighted by Crippen LogP contribution is 2.50. The summed E-state index contributed by atoms with van der Waals surface area (Å²) in [5.74, 6) is 1.10. The number of halogens is 1. The van der Waals surface area contributed by atoms with Crippen molar-refractivity contribution < 1.29 is 4.79 Å². The first kappa shape index (κ1) is 15.5. The van der Waals surface area contributed by atoms with E-state index in [0.717, 1.165) is 43.6 Å². The lowest BCUT2D eigenvalue weighted by Gasteiger charge is -2.55. The summed E-state index contributed by atoms with van der Waals surface area (Å²) in [4.78, 5) is 23.3. The molecule has 1 aromatic heterocycles. The molecule has 6 heteroatoms. The lowest BCUT2D eigenvalue weighted by Crippen LogP contribution is -2.65. The SMILES string of the molecule is Cc1cnc(Cl)nc1N1CCC12CCC[C@@H]2C(=O)NC(C)C. The van der Waals surface area contributed by atoms with Crippen molar-refractivity contribution in [1.82, 2.24) is 15.3 Å². The van der Waals surface area contributed by atoms with Crippen LogP contribution in [-0.4, -0.2) is 34.0 Å².